The molecule has 0 radical (unpaired) electrons. The van der Waals surface area contributed by atoms with Crippen molar-refractivity contribution in [3.63, 3.8) is 0 Å². The third kappa shape index (κ3) is 3.72. The lowest BCUT2D eigenvalue weighted by Crippen LogP contribution is -2.48. The van der Waals surface area contributed by atoms with Crippen LogP contribution in [0, 0.1) is 24.7 Å². The van der Waals surface area contributed by atoms with Crippen LogP contribution in [0.3, 0.4) is 0 Å². The maximum atomic E-state index is 13.5. The van der Waals surface area contributed by atoms with E-state index >= 15 is 0 Å². The van der Waals surface area contributed by atoms with Crippen molar-refractivity contribution >= 4 is 46.0 Å². The largest absolute Gasteiger partial charge is 0.493 e. The standard InChI is InChI=1S/C29H31NO2S2/c1-3-32-25-9-8-23(29-15-19-10-20(16-29)12-21(11-19)17-29)13-22(25)14-26-27(31)30(28(33)34-26)24-7-5-4-6-18(24)2/h4-9,13-14,19-21H,3,10-12,15-17H2,1-2H3/b26-14+. The van der Waals surface area contributed by atoms with Crippen LogP contribution in [0.1, 0.15) is 62.1 Å². The summed E-state index contributed by atoms with van der Waals surface area (Å²) in [6.07, 6.45) is 10.3. The average Bonchev–Trinajstić information content (AvgIpc) is 3.07. The van der Waals surface area contributed by atoms with E-state index in [-0.39, 0.29) is 5.91 Å². The van der Waals surface area contributed by atoms with Crippen LogP contribution < -0.4 is 9.64 Å². The van der Waals surface area contributed by atoms with Crippen LogP contribution >= 0.6 is 24.0 Å². The lowest BCUT2D eigenvalue weighted by molar-refractivity contribution is -0.113. The molecular weight excluding hydrogens is 458 g/mol. The van der Waals surface area contributed by atoms with Crippen molar-refractivity contribution < 1.29 is 9.53 Å². The molecule has 0 unspecified atom stereocenters. The molecule has 176 valence electrons. The number of thiocarbonyl (C=S) groups is 1. The van der Waals surface area contributed by atoms with Crippen LogP contribution in [-0.4, -0.2) is 16.8 Å². The van der Waals surface area contributed by atoms with Gasteiger partial charge in [0.1, 0.15) is 5.75 Å². The Morgan fingerprint density at radius 2 is 1.76 bits per heavy atom. The Bertz CT molecular complexity index is 1170. The minimum atomic E-state index is -0.0491. The monoisotopic (exact) mass is 489 g/mol. The topological polar surface area (TPSA) is 29.5 Å². The van der Waals surface area contributed by atoms with Gasteiger partial charge in [-0.3, -0.25) is 9.69 Å². The van der Waals surface area contributed by atoms with Crippen LogP contribution in [0.15, 0.2) is 47.4 Å². The average molecular weight is 490 g/mol. The molecule has 0 aromatic heterocycles. The molecule has 2 aromatic rings. The van der Waals surface area contributed by atoms with Crippen LogP contribution in [-0.2, 0) is 10.2 Å². The first kappa shape index (κ1) is 22.4. The van der Waals surface area contributed by atoms with E-state index in [1.54, 1.807) is 4.90 Å². The molecule has 1 saturated heterocycles. The van der Waals surface area contributed by atoms with Gasteiger partial charge in [0, 0.05) is 5.56 Å². The summed E-state index contributed by atoms with van der Waals surface area (Å²) in [5, 5.41) is 0. The van der Waals surface area contributed by atoms with Gasteiger partial charge < -0.3 is 4.74 Å². The fourth-order valence-corrected chi connectivity index (χ4v) is 8.65. The van der Waals surface area contributed by atoms with Crippen molar-refractivity contribution in [1.82, 2.24) is 0 Å². The second-order valence-corrected chi connectivity index (χ2v) is 12.4. The number of thioether (sulfide) groups is 1. The zero-order chi connectivity index (χ0) is 23.4. The fourth-order valence-electron chi connectivity index (χ4n) is 7.37. The Morgan fingerprint density at radius 1 is 1.09 bits per heavy atom. The smallest absolute Gasteiger partial charge is 0.270 e. The lowest BCUT2D eigenvalue weighted by atomic mass is 9.48. The first-order valence-corrected chi connectivity index (χ1v) is 13.8. The number of ether oxygens (including phenoxy) is 1. The molecule has 1 amide bonds. The van der Waals surface area contributed by atoms with Crippen LogP contribution in [0.5, 0.6) is 5.75 Å². The molecule has 34 heavy (non-hydrogen) atoms. The molecule has 7 rings (SSSR count). The van der Waals surface area contributed by atoms with Gasteiger partial charge in [-0.25, -0.2) is 0 Å². The van der Waals surface area contributed by atoms with E-state index in [0.717, 1.165) is 40.3 Å². The molecule has 4 aliphatic carbocycles. The third-order valence-electron chi connectivity index (χ3n) is 8.40. The SMILES string of the molecule is CCOc1ccc(C23CC4CC(CC(C4)C2)C3)cc1/C=C1/SC(=S)N(c2ccccc2C)C1=O. The second kappa shape index (κ2) is 8.53. The van der Waals surface area contributed by atoms with Gasteiger partial charge in [0.25, 0.3) is 5.91 Å². The van der Waals surface area contributed by atoms with Gasteiger partial charge >= 0.3 is 0 Å². The highest BCUT2D eigenvalue weighted by Gasteiger charge is 2.51. The summed E-state index contributed by atoms with van der Waals surface area (Å²) in [6, 6.07) is 14.7. The molecule has 5 fully saturated rings. The Hall–Kier alpha value is -2.11. The zero-order valence-corrected chi connectivity index (χ0v) is 21.5. The number of anilines is 1. The van der Waals surface area contributed by atoms with Crippen LogP contribution in [0.25, 0.3) is 6.08 Å². The van der Waals surface area contributed by atoms with Crippen molar-refractivity contribution in [3.8, 4) is 5.75 Å². The van der Waals surface area contributed by atoms with E-state index < -0.39 is 0 Å². The number of para-hydroxylation sites is 1. The van der Waals surface area contributed by atoms with E-state index in [2.05, 4.69) is 18.2 Å². The van der Waals surface area contributed by atoms with Gasteiger partial charge in [-0.1, -0.05) is 48.2 Å². The van der Waals surface area contributed by atoms with E-state index in [0.29, 0.717) is 21.2 Å². The Balaban J connectivity index is 1.37. The van der Waals surface area contributed by atoms with Gasteiger partial charge in [-0.05, 0) is 111 Å². The van der Waals surface area contributed by atoms with Gasteiger partial charge in [-0.15, -0.1) is 0 Å². The normalized spacial score (nSPS) is 31.1. The summed E-state index contributed by atoms with van der Waals surface area (Å²) < 4.78 is 6.59. The molecule has 3 nitrogen and oxygen atoms in total. The Kier molecular flexibility index (Phi) is 5.61. The van der Waals surface area contributed by atoms with E-state index in [9.17, 15) is 4.79 Å². The number of nitrogens with zero attached hydrogens (tertiary/aromatic N) is 1. The molecule has 4 saturated carbocycles. The van der Waals surface area contributed by atoms with Gasteiger partial charge in [0.15, 0.2) is 4.32 Å². The second-order valence-electron chi connectivity index (χ2n) is 10.7. The van der Waals surface area contributed by atoms with Gasteiger partial charge in [0.2, 0.25) is 0 Å². The number of rotatable bonds is 5. The summed E-state index contributed by atoms with van der Waals surface area (Å²) in [5.41, 5.74) is 4.65. The van der Waals surface area contributed by atoms with E-state index in [1.165, 1.54) is 55.9 Å². The highest BCUT2D eigenvalue weighted by molar-refractivity contribution is 8.27. The van der Waals surface area contributed by atoms with Crippen LogP contribution in [0.4, 0.5) is 5.69 Å². The number of aryl methyl sites for hydroxylation is 1. The molecule has 0 spiro atoms. The lowest BCUT2D eigenvalue weighted by Gasteiger charge is -2.57. The summed E-state index contributed by atoms with van der Waals surface area (Å²) in [4.78, 5) is 15.8. The number of carbonyl (C=O) groups is 1. The summed E-state index contributed by atoms with van der Waals surface area (Å²) >= 11 is 7.02. The maximum absolute atomic E-state index is 13.5. The molecule has 1 heterocycles. The zero-order valence-electron chi connectivity index (χ0n) is 19.9. The van der Waals surface area contributed by atoms with Crippen LogP contribution in [0.2, 0.25) is 0 Å². The molecule has 2 aromatic carbocycles. The quantitative estimate of drug-likeness (QED) is 0.326. The van der Waals surface area contributed by atoms with E-state index in [1.807, 2.05) is 44.2 Å². The third-order valence-corrected chi connectivity index (χ3v) is 9.70. The highest BCUT2D eigenvalue weighted by atomic mass is 32.2. The number of hydrogen-bond acceptors (Lipinski definition) is 4. The van der Waals surface area contributed by atoms with E-state index in [4.69, 9.17) is 17.0 Å². The van der Waals surface area contributed by atoms with Crippen molar-refractivity contribution in [1.29, 1.82) is 0 Å². The maximum Gasteiger partial charge on any atom is 0.270 e. The van der Waals surface area contributed by atoms with Crippen molar-refractivity contribution in [2.24, 2.45) is 17.8 Å². The summed E-state index contributed by atoms with van der Waals surface area (Å²) in [5.74, 6) is 3.48. The number of benzene rings is 2. The molecular formula is C29H31NO2S2. The molecule has 5 heteroatoms. The highest BCUT2D eigenvalue weighted by Crippen LogP contribution is 2.61. The Morgan fingerprint density at radius 3 is 2.41 bits per heavy atom. The molecule has 1 aliphatic heterocycles. The fraction of sp³-hybridized carbons (Fsp3) is 0.448. The Labute approximate surface area is 211 Å². The summed E-state index contributed by atoms with van der Waals surface area (Å²) in [6.45, 7) is 4.62. The number of amides is 1. The number of carbonyl (C=O) groups excluding carboxylic acids is 1. The first-order chi connectivity index (χ1) is 16.5. The first-order valence-electron chi connectivity index (χ1n) is 12.6. The molecule has 0 atom stereocenters. The summed E-state index contributed by atoms with van der Waals surface area (Å²) in [7, 11) is 0. The van der Waals surface area contributed by atoms with Gasteiger partial charge in [0.05, 0.1) is 17.2 Å². The molecule has 4 bridgehead atoms. The molecule has 0 N–H and O–H groups in total. The number of hydrogen-bond donors (Lipinski definition) is 0. The van der Waals surface area contributed by atoms with Crippen molar-refractivity contribution in [2.45, 2.75) is 57.8 Å². The minimum Gasteiger partial charge on any atom is -0.493 e. The predicted octanol–water partition coefficient (Wildman–Crippen LogP) is 7.27. The van der Waals surface area contributed by atoms with Crippen molar-refractivity contribution in [2.75, 3.05) is 11.5 Å². The minimum absolute atomic E-state index is 0.0491. The molecule has 5 aliphatic rings. The van der Waals surface area contributed by atoms with Gasteiger partial charge in [-0.2, -0.15) is 0 Å². The predicted molar refractivity (Wildman–Crippen MR) is 144 cm³/mol. The van der Waals surface area contributed by atoms with Crippen molar-refractivity contribution in [3.05, 3.63) is 64.1 Å².